The molecule has 3 aromatic carbocycles. The van der Waals surface area contributed by atoms with Crippen molar-refractivity contribution in [2.75, 3.05) is 0 Å². The fraction of sp³-hybridized carbons (Fsp3) is 0.0800. The summed E-state index contributed by atoms with van der Waals surface area (Å²) >= 11 is 0. The maximum Gasteiger partial charge on any atom is 0.344 e. The predicted molar refractivity (Wildman–Crippen MR) is 126 cm³/mol. The Morgan fingerprint density at radius 2 is 1.31 bits per heavy atom. The Hall–Kier alpha value is -4.99. The lowest BCUT2D eigenvalue weighted by Gasteiger charge is -2.27. The maximum absolute atomic E-state index is 13.6. The van der Waals surface area contributed by atoms with Gasteiger partial charge in [0, 0.05) is 0 Å². The Kier molecular flexibility index (Phi) is 5.25. The number of aromatic amines is 1. The number of carbonyl (C=O) groups excluding carboxylic acids is 3. The van der Waals surface area contributed by atoms with Crippen molar-refractivity contribution in [3.05, 3.63) is 117 Å². The van der Waals surface area contributed by atoms with Gasteiger partial charge >= 0.3 is 6.03 Å². The number of aromatic nitrogens is 2. The molecule has 0 saturated carbocycles. The van der Waals surface area contributed by atoms with Crippen molar-refractivity contribution in [1.29, 1.82) is 0 Å². The lowest BCUT2D eigenvalue weighted by Crippen LogP contribution is -2.50. The van der Waals surface area contributed by atoms with Crippen molar-refractivity contribution < 1.29 is 14.4 Å². The smallest absolute Gasteiger partial charge is 0.314 e. The minimum absolute atomic E-state index is 0.145. The van der Waals surface area contributed by atoms with Crippen molar-refractivity contribution in [2.45, 2.75) is 12.1 Å². The lowest BCUT2D eigenvalue weighted by molar-refractivity contribution is -0.138. The summed E-state index contributed by atoms with van der Waals surface area (Å²) in [4.78, 5) is 64.3. The Morgan fingerprint density at radius 1 is 0.771 bits per heavy atom. The van der Waals surface area contributed by atoms with Crippen molar-refractivity contribution in [3.63, 3.8) is 0 Å². The van der Waals surface area contributed by atoms with E-state index in [9.17, 15) is 24.0 Å². The predicted octanol–water partition coefficient (Wildman–Crippen LogP) is 1.22. The van der Waals surface area contributed by atoms with Crippen LogP contribution in [0.1, 0.15) is 11.1 Å². The minimum atomic E-state index is -1.55. The van der Waals surface area contributed by atoms with Crippen molar-refractivity contribution in [1.82, 2.24) is 25.5 Å². The average Bonchev–Trinajstić information content (AvgIpc) is 3.14. The number of urea groups is 1. The molecular formula is C25H19N5O5. The number of hydrogen-bond donors (Lipinski definition) is 3. The normalized spacial score (nSPS) is 14.7. The van der Waals surface area contributed by atoms with E-state index in [0.29, 0.717) is 16.1 Å². The highest BCUT2D eigenvalue weighted by molar-refractivity contribution is 6.10. The van der Waals surface area contributed by atoms with Crippen molar-refractivity contribution in [2.24, 2.45) is 0 Å². The number of carbonyl (C=O) groups is 3. The van der Waals surface area contributed by atoms with E-state index in [1.165, 1.54) is 12.1 Å². The molecule has 0 spiro atoms. The zero-order valence-electron chi connectivity index (χ0n) is 18.2. The van der Waals surface area contributed by atoms with Crippen LogP contribution >= 0.6 is 0 Å². The molecule has 4 amide bonds. The molecule has 1 aliphatic heterocycles. The fourth-order valence-corrected chi connectivity index (χ4v) is 4.23. The monoisotopic (exact) mass is 469 g/mol. The van der Waals surface area contributed by atoms with Gasteiger partial charge in [-0.1, -0.05) is 72.8 Å². The molecule has 1 saturated heterocycles. The van der Waals surface area contributed by atoms with Crippen LogP contribution in [-0.2, 0) is 21.7 Å². The molecule has 174 valence electrons. The highest BCUT2D eigenvalue weighted by Crippen LogP contribution is 2.35. The van der Waals surface area contributed by atoms with Crippen LogP contribution in [0.4, 0.5) is 4.79 Å². The molecule has 0 radical (unpaired) electrons. The Morgan fingerprint density at radius 3 is 1.91 bits per heavy atom. The van der Waals surface area contributed by atoms with E-state index in [4.69, 9.17) is 0 Å². The first-order chi connectivity index (χ1) is 16.9. The number of hydrogen-bond acceptors (Lipinski definition) is 5. The Labute approximate surface area is 197 Å². The van der Waals surface area contributed by atoms with Crippen LogP contribution in [0.5, 0.6) is 0 Å². The molecule has 10 nitrogen and oxygen atoms in total. The van der Waals surface area contributed by atoms with Gasteiger partial charge in [0.2, 0.25) is 0 Å². The SMILES string of the molecule is O=C(Cn1[nH]c(=O)c2ccccc2c1=O)NN1C(=O)NC(c2ccccc2)(c2ccccc2)C1=O. The van der Waals surface area contributed by atoms with E-state index < -0.39 is 41.0 Å². The maximum atomic E-state index is 13.6. The number of nitrogens with one attached hydrogen (secondary N) is 3. The molecule has 2 heterocycles. The number of rotatable bonds is 5. The fourth-order valence-electron chi connectivity index (χ4n) is 4.23. The molecule has 10 heteroatoms. The van der Waals surface area contributed by atoms with E-state index in [0.717, 1.165) is 4.68 Å². The third-order valence-corrected chi connectivity index (χ3v) is 5.86. The molecule has 3 N–H and O–H groups in total. The van der Waals surface area contributed by atoms with Crippen LogP contribution in [0.25, 0.3) is 10.8 Å². The van der Waals surface area contributed by atoms with Gasteiger partial charge in [-0.3, -0.25) is 29.7 Å². The van der Waals surface area contributed by atoms with Gasteiger partial charge in [0.05, 0.1) is 10.8 Å². The van der Waals surface area contributed by atoms with Crippen LogP contribution < -0.4 is 21.9 Å². The van der Waals surface area contributed by atoms with Gasteiger partial charge < -0.3 is 5.32 Å². The zero-order valence-corrected chi connectivity index (χ0v) is 18.2. The summed E-state index contributed by atoms with van der Waals surface area (Å²) < 4.78 is 0.833. The number of benzene rings is 3. The number of fused-ring (bicyclic) bond motifs is 1. The zero-order chi connectivity index (χ0) is 24.6. The Bertz CT molecular complexity index is 1540. The van der Waals surface area contributed by atoms with E-state index in [1.807, 2.05) is 0 Å². The first-order valence-corrected chi connectivity index (χ1v) is 10.7. The lowest BCUT2D eigenvalue weighted by atomic mass is 9.83. The summed E-state index contributed by atoms with van der Waals surface area (Å²) in [7, 11) is 0. The van der Waals surface area contributed by atoms with E-state index in [1.54, 1.807) is 72.8 Å². The number of amides is 4. The first kappa shape index (κ1) is 21.8. The highest BCUT2D eigenvalue weighted by atomic mass is 16.2. The summed E-state index contributed by atoms with van der Waals surface area (Å²) in [5, 5.41) is 5.99. The number of hydrazine groups is 1. The van der Waals surface area contributed by atoms with Crippen LogP contribution in [-0.4, -0.2) is 32.6 Å². The van der Waals surface area contributed by atoms with E-state index in [-0.39, 0.29) is 10.8 Å². The molecule has 0 atom stereocenters. The van der Waals surface area contributed by atoms with Gasteiger partial charge in [0.25, 0.3) is 22.9 Å². The van der Waals surface area contributed by atoms with Gasteiger partial charge in [-0.05, 0) is 23.3 Å². The second-order valence-corrected chi connectivity index (χ2v) is 7.97. The summed E-state index contributed by atoms with van der Waals surface area (Å²) in [6.45, 7) is -0.611. The molecule has 1 fully saturated rings. The van der Waals surface area contributed by atoms with Gasteiger partial charge in [-0.15, -0.1) is 0 Å². The topological polar surface area (TPSA) is 133 Å². The summed E-state index contributed by atoms with van der Waals surface area (Å²) in [6.07, 6.45) is 0. The third-order valence-electron chi connectivity index (χ3n) is 5.86. The van der Waals surface area contributed by atoms with Gasteiger partial charge in [0.1, 0.15) is 6.54 Å². The third kappa shape index (κ3) is 3.57. The molecular weight excluding hydrogens is 450 g/mol. The molecule has 0 aliphatic carbocycles. The second-order valence-electron chi connectivity index (χ2n) is 7.97. The summed E-state index contributed by atoms with van der Waals surface area (Å²) in [5.74, 6) is -1.56. The van der Waals surface area contributed by atoms with Crippen molar-refractivity contribution in [3.8, 4) is 0 Å². The summed E-state index contributed by atoms with van der Waals surface area (Å²) in [6, 6.07) is 22.7. The second kappa shape index (κ2) is 8.41. The van der Waals surface area contributed by atoms with Crippen LogP contribution in [0.2, 0.25) is 0 Å². The van der Waals surface area contributed by atoms with Gasteiger partial charge in [-0.2, -0.15) is 5.01 Å². The first-order valence-electron chi connectivity index (χ1n) is 10.7. The molecule has 1 aromatic heterocycles. The van der Waals surface area contributed by atoms with Gasteiger partial charge in [0.15, 0.2) is 5.54 Å². The number of imide groups is 1. The van der Waals surface area contributed by atoms with E-state index >= 15 is 0 Å². The highest BCUT2D eigenvalue weighted by Gasteiger charge is 2.54. The molecule has 5 rings (SSSR count). The minimum Gasteiger partial charge on any atom is -0.314 e. The summed E-state index contributed by atoms with van der Waals surface area (Å²) in [5.41, 5.74) is 0.600. The average molecular weight is 469 g/mol. The van der Waals surface area contributed by atoms with Gasteiger partial charge in [-0.25, -0.2) is 9.48 Å². The van der Waals surface area contributed by atoms with Crippen LogP contribution in [0.3, 0.4) is 0 Å². The molecule has 0 bridgehead atoms. The number of H-pyrrole nitrogens is 1. The van der Waals surface area contributed by atoms with E-state index in [2.05, 4.69) is 15.8 Å². The quantitative estimate of drug-likeness (QED) is 0.378. The van der Waals surface area contributed by atoms with Crippen LogP contribution in [0, 0.1) is 0 Å². The molecule has 0 unspecified atom stereocenters. The van der Waals surface area contributed by atoms with Crippen molar-refractivity contribution >= 4 is 28.6 Å². The largest absolute Gasteiger partial charge is 0.344 e. The molecule has 35 heavy (non-hydrogen) atoms. The molecule has 1 aliphatic rings. The van der Waals surface area contributed by atoms with Crippen LogP contribution in [0.15, 0.2) is 94.5 Å². The molecule has 4 aromatic rings. The Balaban J connectivity index is 1.46. The number of nitrogens with zero attached hydrogens (tertiary/aromatic N) is 2. The standard InChI is InChI=1S/C25H19N5O5/c31-20(15-29-22(33)19-14-8-7-13-18(19)21(32)28-29)27-30-23(34)25(26-24(30)35,16-9-3-1-4-10-16)17-11-5-2-6-12-17/h1-14H,15H2,(H,26,35)(H,27,31)(H,28,32).